The molecule has 5 heteroatoms. The molecule has 0 bridgehead atoms. The maximum Gasteiger partial charge on any atom is 0.241 e. The highest BCUT2D eigenvalue weighted by Crippen LogP contribution is 2.17. The second-order valence-electron chi connectivity index (χ2n) is 4.63. The number of nitrogens with one attached hydrogen (secondary N) is 1. The zero-order chi connectivity index (χ0) is 13.0. The van der Waals surface area contributed by atoms with Crippen LogP contribution in [0.1, 0.15) is 18.0 Å². The molecule has 98 valence electrons. The second kappa shape index (κ2) is 5.48. The van der Waals surface area contributed by atoms with Crippen molar-refractivity contribution in [3.05, 3.63) is 35.9 Å². The Morgan fingerprint density at radius 1 is 1.50 bits per heavy atom. The van der Waals surface area contributed by atoms with Crippen molar-refractivity contribution in [2.24, 2.45) is 5.73 Å². The average molecular weight is 250 g/mol. The lowest BCUT2D eigenvalue weighted by atomic mass is 10.0. The van der Waals surface area contributed by atoms with Gasteiger partial charge in [-0.3, -0.25) is 4.79 Å². The average Bonchev–Trinajstić information content (AvgIpc) is 2.83. The lowest BCUT2D eigenvalue weighted by Crippen LogP contribution is -2.46. The summed E-state index contributed by atoms with van der Waals surface area (Å²) in [5.41, 5.74) is 5.64. The lowest BCUT2D eigenvalue weighted by molar-refractivity contribution is -0.123. The Bertz CT molecular complexity index is 402. The van der Waals surface area contributed by atoms with Crippen molar-refractivity contribution >= 4 is 5.91 Å². The van der Waals surface area contributed by atoms with Gasteiger partial charge in [-0.2, -0.15) is 0 Å². The molecule has 18 heavy (non-hydrogen) atoms. The molecule has 1 amide bonds. The predicted octanol–water partition coefficient (Wildman–Crippen LogP) is -0.0460. The summed E-state index contributed by atoms with van der Waals surface area (Å²) >= 11 is 0. The van der Waals surface area contributed by atoms with Crippen LogP contribution in [0.2, 0.25) is 0 Å². The first-order valence-electron chi connectivity index (χ1n) is 5.99. The zero-order valence-corrected chi connectivity index (χ0v) is 10.1. The second-order valence-corrected chi connectivity index (χ2v) is 4.63. The van der Waals surface area contributed by atoms with Crippen molar-refractivity contribution in [3.63, 3.8) is 0 Å². The standard InChI is InChI=1S/C13H18N2O3/c14-11(10-4-2-1-3-5-10)12(16)15-8-13(17)6-7-18-9-13/h1-5,11,17H,6-9,14H2,(H,15,16)/t11-,13?/m0/s1. The van der Waals surface area contributed by atoms with Crippen LogP contribution >= 0.6 is 0 Å². The number of benzene rings is 1. The van der Waals surface area contributed by atoms with Crippen LogP contribution in [-0.4, -0.2) is 36.4 Å². The first-order valence-corrected chi connectivity index (χ1v) is 5.99. The van der Waals surface area contributed by atoms with E-state index in [2.05, 4.69) is 5.32 Å². The van der Waals surface area contributed by atoms with Crippen molar-refractivity contribution in [1.82, 2.24) is 5.32 Å². The Morgan fingerprint density at radius 2 is 2.22 bits per heavy atom. The summed E-state index contributed by atoms with van der Waals surface area (Å²) in [5, 5.41) is 12.7. The number of hydrogen-bond donors (Lipinski definition) is 3. The minimum absolute atomic E-state index is 0.173. The molecule has 5 nitrogen and oxygen atoms in total. The Morgan fingerprint density at radius 3 is 2.83 bits per heavy atom. The van der Waals surface area contributed by atoms with Gasteiger partial charge in [0.1, 0.15) is 11.6 Å². The molecule has 0 spiro atoms. The molecule has 1 fully saturated rings. The van der Waals surface area contributed by atoms with E-state index in [1.165, 1.54) is 0 Å². The van der Waals surface area contributed by atoms with Gasteiger partial charge in [-0.05, 0) is 5.56 Å². The van der Waals surface area contributed by atoms with E-state index in [1.807, 2.05) is 18.2 Å². The molecule has 1 aliphatic heterocycles. The van der Waals surface area contributed by atoms with Gasteiger partial charge in [-0.25, -0.2) is 0 Å². The first kappa shape index (κ1) is 13.0. The molecule has 1 saturated heterocycles. The summed E-state index contributed by atoms with van der Waals surface area (Å²) in [5.74, 6) is -0.290. The van der Waals surface area contributed by atoms with Crippen LogP contribution in [0.4, 0.5) is 0 Å². The first-order chi connectivity index (χ1) is 8.61. The molecule has 4 N–H and O–H groups in total. The summed E-state index contributed by atoms with van der Waals surface area (Å²) in [4.78, 5) is 11.9. The Hall–Kier alpha value is -1.43. The highest BCUT2D eigenvalue weighted by atomic mass is 16.5. The zero-order valence-electron chi connectivity index (χ0n) is 10.1. The van der Waals surface area contributed by atoms with Crippen LogP contribution in [0.5, 0.6) is 0 Å². The van der Waals surface area contributed by atoms with Crippen LogP contribution in [0.25, 0.3) is 0 Å². The Kier molecular flexibility index (Phi) is 3.96. The maximum absolute atomic E-state index is 11.9. The van der Waals surface area contributed by atoms with Gasteiger partial charge in [0.25, 0.3) is 0 Å². The number of rotatable bonds is 4. The summed E-state index contributed by atoms with van der Waals surface area (Å²) in [6.45, 7) is 0.956. The van der Waals surface area contributed by atoms with Crippen molar-refractivity contribution in [3.8, 4) is 0 Å². The van der Waals surface area contributed by atoms with Gasteiger partial charge in [-0.15, -0.1) is 0 Å². The summed E-state index contributed by atoms with van der Waals surface area (Å²) in [7, 11) is 0. The molecule has 2 atom stereocenters. The summed E-state index contributed by atoms with van der Waals surface area (Å²) in [6.07, 6.45) is 0.536. The van der Waals surface area contributed by atoms with E-state index in [0.29, 0.717) is 13.0 Å². The van der Waals surface area contributed by atoms with E-state index in [0.717, 1.165) is 5.56 Å². The van der Waals surface area contributed by atoms with Gasteiger partial charge in [0.15, 0.2) is 0 Å². The van der Waals surface area contributed by atoms with Crippen LogP contribution in [0.15, 0.2) is 30.3 Å². The number of hydrogen-bond acceptors (Lipinski definition) is 4. The summed E-state index contributed by atoms with van der Waals surface area (Å²) in [6, 6.07) is 8.43. The molecule has 1 aliphatic rings. The van der Waals surface area contributed by atoms with E-state index in [4.69, 9.17) is 10.5 Å². The third-order valence-electron chi connectivity index (χ3n) is 3.12. The Balaban J connectivity index is 1.88. The highest BCUT2D eigenvalue weighted by molar-refractivity contribution is 5.82. The van der Waals surface area contributed by atoms with E-state index in [-0.39, 0.29) is 19.1 Å². The van der Waals surface area contributed by atoms with Gasteiger partial charge in [-0.1, -0.05) is 30.3 Å². The van der Waals surface area contributed by atoms with Crippen molar-refractivity contribution in [2.75, 3.05) is 19.8 Å². The van der Waals surface area contributed by atoms with Gasteiger partial charge >= 0.3 is 0 Å². The van der Waals surface area contributed by atoms with E-state index in [1.54, 1.807) is 12.1 Å². The van der Waals surface area contributed by atoms with E-state index in [9.17, 15) is 9.90 Å². The smallest absolute Gasteiger partial charge is 0.241 e. The minimum Gasteiger partial charge on any atom is -0.386 e. The van der Waals surface area contributed by atoms with Gasteiger partial charge in [0.2, 0.25) is 5.91 Å². The van der Waals surface area contributed by atoms with Crippen LogP contribution in [0.3, 0.4) is 0 Å². The molecule has 1 aromatic carbocycles. The van der Waals surface area contributed by atoms with Crippen molar-refractivity contribution < 1.29 is 14.6 Å². The molecule has 1 unspecified atom stereocenters. The molecule has 0 aliphatic carbocycles. The van der Waals surface area contributed by atoms with E-state index >= 15 is 0 Å². The van der Waals surface area contributed by atoms with Crippen molar-refractivity contribution in [1.29, 1.82) is 0 Å². The predicted molar refractivity (Wildman–Crippen MR) is 66.8 cm³/mol. The molecule has 1 aromatic rings. The third kappa shape index (κ3) is 3.07. The quantitative estimate of drug-likeness (QED) is 0.699. The van der Waals surface area contributed by atoms with Gasteiger partial charge in [0, 0.05) is 19.6 Å². The molecular formula is C13H18N2O3. The minimum atomic E-state index is -0.952. The number of aliphatic hydroxyl groups is 1. The van der Waals surface area contributed by atoms with Crippen LogP contribution in [-0.2, 0) is 9.53 Å². The van der Waals surface area contributed by atoms with Gasteiger partial charge < -0.3 is 20.9 Å². The number of amides is 1. The van der Waals surface area contributed by atoms with Crippen molar-refractivity contribution in [2.45, 2.75) is 18.1 Å². The fraction of sp³-hybridized carbons (Fsp3) is 0.462. The number of ether oxygens (including phenoxy) is 1. The fourth-order valence-electron chi connectivity index (χ4n) is 1.91. The topological polar surface area (TPSA) is 84.6 Å². The molecule has 0 saturated carbocycles. The SMILES string of the molecule is N[C@H](C(=O)NCC1(O)CCOC1)c1ccccc1. The van der Waals surface area contributed by atoms with Gasteiger partial charge in [0.05, 0.1) is 6.61 Å². The number of nitrogens with two attached hydrogens (primary N) is 1. The molecule has 2 rings (SSSR count). The lowest BCUT2D eigenvalue weighted by Gasteiger charge is -2.22. The monoisotopic (exact) mass is 250 g/mol. The summed E-state index contributed by atoms with van der Waals surface area (Å²) < 4.78 is 5.10. The third-order valence-corrected chi connectivity index (χ3v) is 3.12. The van der Waals surface area contributed by atoms with Crippen LogP contribution in [0, 0.1) is 0 Å². The van der Waals surface area contributed by atoms with Crippen LogP contribution < -0.4 is 11.1 Å². The largest absolute Gasteiger partial charge is 0.386 e. The maximum atomic E-state index is 11.9. The highest BCUT2D eigenvalue weighted by Gasteiger charge is 2.33. The fourth-order valence-corrected chi connectivity index (χ4v) is 1.91. The molecular weight excluding hydrogens is 232 g/mol. The van der Waals surface area contributed by atoms with E-state index < -0.39 is 11.6 Å². The Labute approximate surface area is 106 Å². The normalized spacial score (nSPS) is 24.8. The molecule has 0 radical (unpaired) electrons. The molecule has 1 heterocycles. The molecule has 0 aromatic heterocycles. The number of carbonyl (C=O) groups excluding carboxylic acids is 1. The number of carbonyl (C=O) groups is 1.